The molecule has 2 rings (SSSR count). The Morgan fingerprint density at radius 2 is 2.00 bits per heavy atom. The van der Waals surface area contributed by atoms with Crippen LogP contribution in [0.2, 0.25) is 0 Å². The van der Waals surface area contributed by atoms with Gasteiger partial charge in [-0.05, 0) is 25.5 Å². The molecule has 0 radical (unpaired) electrons. The summed E-state index contributed by atoms with van der Waals surface area (Å²) in [5.74, 6) is 1.04. The predicted molar refractivity (Wildman–Crippen MR) is 77.6 cm³/mol. The molecule has 0 saturated carbocycles. The van der Waals surface area contributed by atoms with Gasteiger partial charge in [-0.2, -0.15) is 0 Å². The zero-order valence-electron chi connectivity index (χ0n) is 12.0. The maximum Gasteiger partial charge on any atom is 0.222 e. The number of carbonyl (C=O) groups is 1. The second-order valence-corrected chi connectivity index (χ2v) is 5.40. The Morgan fingerprint density at radius 3 is 2.60 bits per heavy atom. The van der Waals surface area contributed by atoms with E-state index in [2.05, 4.69) is 0 Å². The normalized spacial score (nSPS) is 17.8. The van der Waals surface area contributed by atoms with Crippen molar-refractivity contribution >= 4 is 5.91 Å². The zero-order chi connectivity index (χ0) is 14.4. The molecule has 1 aromatic rings. The molecule has 1 unspecified atom stereocenters. The number of hydrogen-bond donors (Lipinski definition) is 1. The number of aliphatic hydroxyl groups excluding tert-OH is 1. The van der Waals surface area contributed by atoms with Crippen molar-refractivity contribution in [1.82, 2.24) is 4.90 Å². The summed E-state index contributed by atoms with van der Waals surface area (Å²) in [6.07, 6.45) is 2.50. The van der Waals surface area contributed by atoms with Crippen molar-refractivity contribution in [3.05, 3.63) is 30.3 Å². The average Bonchev–Trinajstić information content (AvgIpc) is 2.46. The van der Waals surface area contributed by atoms with E-state index in [9.17, 15) is 9.90 Å². The Balaban J connectivity index is 1.73. The summed E-state index contributed by atoms with van der Waals surface area (Å²) in [6.45, 7) is 3.21. The molecule has 1 atom stereocenters. The molecule has 20 heavy (non-hydrogen) atoms. The van der Waals surface area contributed by atoms with Crippen molar-refractivity contribution in [3.63, 3.8) is 0 Å². The molecule has 1 N–H and O–H groups in total. The van der Waals surface area contributed by atoms with Crippen LogP contribution in [0, 0.1) is 0 Å². The van der Waals surface area contributed by atoms with Crippen LogP contribution in [0.25, 0.3) is 0 Å². The monoisotopic (exact) mass is 277 g/mol. The molecule has 110 valence electrons. The van der Waals surface area contributed by atoms with Crippen molar-refractivity contribution in [1.29, 1.82) is 0 Å². The van der Waals surface area contributed by atoms with Crippen molar-refractivity contribution in [2.24, 2.45) is 0 Å². The number of benzene rings is 1. The highest BCUT2D eigenvalue weighted by atomic mass is 16.5. The largest absolute Gasteiger partial charge is 0.490 e. The summed E-state index contributed by atoms with van der Waals surface area (Å²) in [4.78, 5) is 13.8. The molecule has 1 heterocycles. The van der Waals surface area contributed by atoms with E-state index >= 15 is 0 Å². The van der Waals surface area contributed by atoms with Gasteiger partial charge in [-0.25, -0.2) is 0 Å². The molecular formula is C16H23NO3. The molecule has 0 aliphatic carbocycles. The van der Waals surface area contributed by atoms with Gasteiger partial charge in [0, 0.05) is 32.4 Å². The topological polar surface area (TPSA) is 49.8 Å². The number of hydrogen-bond acceptors (Lipinski definition) is 3. The zero-order valence-corrected chi connectivity index (χ0v) is 12.0. The van der Waals surface area contributed by atoms with Gasteiger partial charge >= 0.3 is 0 Å². The Kier molecular flexibility index (Phi) is 5.41. The third-order valence-electron chi connectivity index (χ3n) is 3.62. The first-order valence-electron chi connectivity index (χ1n) is 7.32. The van der Waals surface area contributed by atoms with Gasteiger partial charge in [0.2, 0.25) is 5.91 Å². The van der Waals surface area contributed by atoms with Gasteiger partial charge in [0.1, 0.15) is 11.9 Å². The third-order valence-corrected chi connectivity index (χ3v) is 3.62. The van der Waals surface area contributed by atoms with Crippen LogP contribution in [-0.2, 0) is 4.79 Å². The fourth-order valence-corrected chi connectivity index (χ4v) is 2.41. The number of rotatable bonds is 5. The quantitative estimate of drug-likeness (QED) is 0.897. The Hall–Kier alpha value is -1.55. The molecule has 4 nitrogen and oxygen atoms in total. The van der Waals surface area contributed by atoms with Crippen LogP contribution in [0.3, 0.4) is 0 Å². The highest BCUT2D eigenvalue weighted by Gasteiger charge is 2.23. The van der Waals surface area contributed by atoms with Crippen molar-refractivity contribution < 1.29 is 14.6 Å². The number of aliphatic hydroxyl groups is 1. The van der Waals surface area contributed by atoms with E-state index in [0.717, 1.165) is 31.7 Å². The van der Waals surface area contributed by atoms with E-state index in [4.69, 9.17) is 4.74 Å². The van der Waals surface area contributed by atoms with E-state index in [-0.39, 0.29) is 12.0 Å². The summed E-state index contributed by atoms with van der Waals surface area (Å²) in [6, 6.07) is 9.81. The van der Waals surface area contributed by atoms with Crippen LogP contribution >= 0.6 is 0 Å². The molecule has 1 aliphatic heterocycles. The van der Waals surface area contributed by atoms with E-state index in [0.29, 0.717) is 12.8 Å². The minimum absolute atomic E-state index is 0.143. The summed E-state index contributed by atoms with van der Waals surface area (Å²) < 4.78 is 5.90. The fourth-order valence-electron chi connectivity index (χ4n) is 2.41. The number of ether oxygens (including phenoxy) is 1. The fraction of sp³-hybridized carbons (Fsp3) is 0.562. The van der Waals surface area contributed by atoms with Gasteiger partial charge in [0.15, 0.2) is 0 Å². The maximum atomic E-state index is 11.9. The standard InChI is InChI=1S/C16H23NO3/c1-13(18)7-8-16(19)17-11-9-15(10-12-17)20-14-5-3-2-4-6-14/h2-6,13,15,18H,7-12H2,1H3. The lowest BCUT2D eigenvalue weighted by Crippen LogP contribution is -2.41. The molecule has 0 bridgehead atoms. The molecule has 4 heteroatoms. The highest BCUT2D eigenvalue weighted by molar-refractivity contribution is 5.76. The lowest BCUT2D eigenvalue weighted by molar-refractivity contribution is -0.133. The summed E-state index contributed by atoms with van der Waals surface area (Å²) in [5.41, 5.74) is 0. The number of amides is 1. The Labute approximate surface area is 120 Å². The molecule has 0 aromatic heterocycles. The molecule has 1 fully saturated rings. The van der Waals surface area contributed by atoms with Crippen LogP contribution in [0.4, 0.5) is 0 Å². The van der Waals surface area contributed by atoms with Gasteiger partial charge in [-0.1, -0.05) is 18.2 Å². The number of para-hydroxylation sites is 1. The van der Waals surface area contributed by atoms with Gasteiger partial charge in [-0.15, -0.1) is 0 Å². The van der Waals surface area contributed by atoms with E-state index in [1.807, 2.05) is 35.2 Å². The first kappa shape index (κ1) is 14.9. The molecule has 1 amide bonds. The highest BCUT2D eigenvalue weighted by Crippen LogP contribution is 2.19. The van der Waals surface area contributed by atoms with Crippen molar-refractivity contribution in [2.75, 3.05) is 13.1 Å². The molecule has 1 aliphatic rings. The number of likely N-dealkylation sites (tertiary alicyclic amines) is 1. The van der Waals surface area contributed by atoms with Crippen molar-refractivity contribution in [3.8, 4) is 5.75 Å². The smallest absolute Gasteiger partial charge is 0.222 e. The lowest BCUT2D eigenvalue weighted by atomic mass is 10.1. The van der Waals surface area contributed by atoms with E-state index < -0.39 is 6.10 Å². The Morgan fingerprint density at radius 1 is 1.35 bits per heavy atom. The van der Waals surface area contributed by atoms with Crippen LogP contribution in [0.15, 0.2) is 30.3 Å². The molecule has 0 spiro atoms. The minimum atomic E-state index is -0.405. The number of nitrogens with zero attached hydrogens (tertiary/aromatic N) is 1. The first-order chi connectivity index (χ1) is 9.65. The molecule has 1 saturated heterocycles. The van der Waals surface area contributed by atoms with Crippen LogP contribution in [-0.4, -0.2) is 41.2 Å². The van der Waals surface area contributed by atoms with Gasteiger partial charge < -0.3 is 14.7 Å². The lowest BCUT2D eigenvalue weighted by Gasteiger charge is -2.32. The van der Waals surface area contributed by atoms with Crippen LogP contribution < -0.4 is 4.74 Å². The first-order valence-corrected chi connectivity index (χ1v) is 7.32. The Bertz CT molecular complexity index is 411. The number of carbonyl (C=O) groups excluding carboxylic acids is 1. The SMILES string of the molecule is CC(O)CCC(=O)N1CCC(Oc2ccccc2)CC1. The van der Waals surface area contributed by atoms with Gasteiger partial charge in [0.05, 0.1) is 6.10 Å². The molecule has 1 aromatic carbocycles. The van der Waals surface area contributed by atoms with E-state index in [1.54, 1.807) is 6.92 Å². The maximum absolute atomic E-state index is 11.9. The summed E-state index contributed by atoms with van der Waals surface area (Å²) in [7, 11) is 0. The van der Waals surface area contributed by atoms with Gasteiger partial charge in [0.25, 0.3) is 0 Å². The summed E-state index contributed by atoms with van der Waals surface area (Å²) >= 11 is 0. The predicted octanol–water partition coefficient (Wildman–Crippen LogP) is 2.22. The van der Waals surface area contributed by atoms with Gasteiger partial charge in [-0.3, -0.25) is 4.79 Å². The van der Waals surface area contributed by atoms with Crippen LogP contribution in [0.1, 0.15) is 32.6 Å². The number of piperidine rings is 1. The summed E-state index contributed by atoms with van der Waals surface area (Å²) in [5, 5.41) is 9.22. The third kappa shape index (κ3) is 4.53. The van der Waals surface area contributed by atoms with Crippen LogP contribution in [0.5, 0.6) is 5.75 Å². The minimum Gasteiger partial charge on any atom is -0.490 e. The second kappa shape index (κ2) is 7.29. The van der Waals surface area contributed by atoms with Crippen molar-refractivity contribution in [2.45, 2.75) is 44.8 Å². The average molecular weight is 277 g/mol. The van der Waals surface area contributed by atoms with E-state index in [1.165, 1.54) is 0 Å². The second-order valence-electron chi connectivity index (χ2n) is 5.40. The molecular weight excluding hydrogens is 254 g/mol.